The van der Waals surface area contributed by atoms with Crippen LogP contribution in [0.1, 0.15) is 11.1 Å². The minimum Gasteiger partial charge on any atom is -0.493 e. The van der Waals surface area contributed by atoms with E-state index in [1.165, 1.54) is 11.8 Å². The number of methoxy groups -OCH3 is 1. The number of hydrogen-bond acceptors (Lipinski definition) is 5. The fourth-order valence-electron chi connectivity index (χ4n) is 2.58. The summed E-state index contributed by atoms with van der Waals surface area (Å²) in [6.45, 7) is 6.03. The van der Waals surface area contributed by atoms with Gasteiger partial charge >= 0.3 is 0 Å². The minimum atomic E-state index is -0.125. The zero-order valence-corrected chi connectivity index (χ0v) is 16.7. The number of aryl methyl sites for hydroxylation is 1. The molecule has 0 spiro atoms. The number of carbonyl (C=O) groups is 1. The van der Waals surface area contributed by atoms with E-state index < -0.39 is 0 Å². The number of carbonyl (C=O) groups excluding carboxylic acids is 1. The molecule has 1 fully saturated rings. The molecule has 0 saturated carbocycles. The van der Waals surface area contributed by atoms with Crippen LogP contribution in [0.3, 0.4) is 0 Å². The number of thioether (sulfide) groups is 1. The predicted octanol–water partition coefficient (Wildman–Crippen LogP) is 4.97. The van der Waals surface area contributed by atoms with E-state index in [2.05, 4.69) is 6.58 Å². The van der Waals surface area contributed by atoms with Crippen LogP contribution in [-0.4, -0.2) is 23.9 Å². The summed E-state index contributed by atoms with van der Waals surface area (Å²) in [6, 6.07) is 13.2. The molecule has 1 aliphatic heterocycles. The number of ether oxygens (including phenoxy) is 2. The van der Waals surface area contributed by atoms with Gasteiger partial charge in [-0.2, -0.15) is 0 Å². The van der Waals surface area contributed by atoms with Crippen LogP contribution in [0.4, 0.5) is 5.69 Å². The van der Waals surface area contributed by atoms with Gasteiger partial charge in [-0.3, -0.25) is 9.69 Å². The van der Waals surface area contributed by atoms with Crippen LogP contribution in [0, 0.1) is 6.92 Å². The normalized spacial score (nSPS) is 15.3. The lowest BCUT2D eigenvalue weighted by Gasteiger charge is -2.14. The summed E-state index contributed by atoms with van der Waals surface area (Å²) >= 11 is 6.71. The molecule has 4 nitrogen and oxygen atoms in total. The van der Waals surface area contributed by atoms with Crippen molar-refractivity contribution in [3.05, 3.63) is 71.2 Å². The lowest BCUT2D eigenvalue weighted by molar-refractivity contribution is -0.113. The maximum absolute atomic E-state index is 12.9. The molecule has 1 amide bonds. The maximum Gasteiger partial charge on any atom is 0.270 e. The lowest BCUT2D eigenvalue weighted by atomic mass is 10.1. The largest absolute Gasteiger partial charge is 0.493 e. The minimum absolute atomic E-state index is 0.125. The smallest absolute Gasteiger partial charge is 0.270 e. The summed E-state index contributed by atoms with van der Waals surface area (Å²) in [5.41, 5.74) is 2.74. The molecule has 0 aliphatic carbocycles. The number of thiocarbonyl (C=S) groups is 1. The van der Waals surface area contributed by atoms with Crippen molar-refractivity contribution < 1.29 is 14.3 Å². The van der Waals surface area contributed by atoms with E-state index in [9.17, 15) is 4.79 Å². The molecule has 1 saturated heterocycles. The fourth-order valence-corrected chi connectivity index (χ4v) is 3.88. The van der Waals surface area contributed by atoms with Crippen LogP contribution in [0.25, 0.3) is 6.08 Å². The second-order valence-corrected chi connectivity index (χ2v) is 7.54. The second-order valence-electron chi connectivity index (χ2n) is 5.86. The van der Waals surface area contributed by atoms with Crippen LogP contribution in [0.5, 0.6) is 11.5 Å². The molecule has 0 radical (unpaired) electrons. The molecular formula is C21H19NO3S2. The number of amides is 1. The monoisotopic (exact) mass is 397 g/mol. The lowest BCUT2D eigenvalue weighted by Crippen LogP contribution is -2.27. The van der Waals surface area contributed by atoms with Gasteiger partial charge in [0.25, 0.3) is 5.91 Å². The molecule has 0 unspecified atom stereocenters. The van der Waals surface area contributed by atoms with Gasteiger partial charge in [-0.1, -0.05) is 60.4 Å². The molecule has 0 aromatic heterocycles. The fraction of sp³-hybridized carbons (Fsp3) is 0.143. The number of anilines is 1. The van der Waals surface area contributed by atoms with E-state index >= 15 is 0 Å². The van der Waals surface area contributed by atoms with Crippen molar-refractivity contribution in [2.45, 2.75) is 6.92 Å². The first kappa shape index (κ1) is 19.2. The third kappa shape index (κ3) is 4.23. The molecule has 3 rings (SSSR count). The van der Waals surface area contributed by atoms with Gasteiger partial charge in [-0.05, 0) is 42.8 Å². The zero-order valence-electron chi connectivity index (χ0n) is 15.1. The molecule has 0 N–H and O–H groups in total. The van der Waals surface area contributed by atoms with Crippen LogP contribution < -0.4 is 14.4 Å². The highest BCUT2D eigenvalue weighted by molar-refractivity contribution is 8.27. The first-order chi connectivity index (χ1) is 13.0. The molecule has 0 atom stereocenters. The average molecular weight is 398 g/mol. The average Bonchev–Trinajstić information content (AvgIpc) is 2.94. The molecule has 0 bridgehead atoms. The highest BCUT2D eigenvalue weighted by Gasteiger charge is 2.33. The van der Waals surface area contributed by atoms with Crippen molar-refractivity contribution in [2.24, 2.45) is 0 Å². The molecule has 2 aromatic rings. The molecule has 1 aliphatic rings. The van der Waals surface area contributed by atoms with Gasteiger partial charge in [-0.15, -0.1) is 0 Å². The van der Waals surface area contributed by atoms with Crippen molar-refractivity contribution in [1.29, 1.82) is 0 Å². The molecule has 1 heterocycles. The molecule has 2 aromatic carbocycles. The van der Waals surface area contributed by atoms with Gasteiger partial charge in [0.05, 0.1) is 17.7 Å². The first-order valence-corrected chi connectivity index (χ1v) is 9.52. The Hall–Kier alpha value is -2.57. The van der Waals surface area contributed by atoms with E-state index in [-0.39, 0.29) is 5.91 Å². The van der Waals surface area contributed by atoms with Gasteiger partial charge in [0.2, 0.25) is 0 Å². The molecule has 6 heteroatoms. The van der Waals surface area contributed by atoms with E-state index in [0.717, 1.165) is 16.8 Å². The summed E-state index contributed by atoms with van der Waals surface area (Å²) in [5.74, 6) is 1.10. The highest BCUT2D eigenvalue weighted by Crippen LogP contribution is 2.37. The van der Waals surface area contributed by atoms with E-state index in [4.69, 9.17) is 21.7 Å². The zero-order chi connectivity index (χ0) is 19.4. The summed E-state index contributed by atoms with van der Waals surface area (Å²) in [6.07, 6.45) is 3.48. The number of benzene rings is 2. The number of hydrogen-bond donors (Lipinski definition) is 0. The summed E-state index contributed by atoms with van der Waals surface area (Å²) in [5, 5.41) is 0. The predicted molar refractivity (Wildman–Crippen MR) is 116 cm³/mol. The third-order valence-corrected chi connectivity index (χ3v) is 5.23. The van der Waals surface area contributed by atoms with Gasteiger partial charge < -0.3 is 9.47 Å². The quantitative estimate of drug-likeness (QED) is 0.391. The van der Waals surface area contributed by atoms with E-state index in [0.29, 0.717) is 27.3 Å². The Morgan fingerprint density at radius 2 is 1.93 bits per heavy atom. The van der Waals surface area contributed by atoms with Crippen LogP contribution in [-0.2, 0) is 4.79 Å². The summed E-state index contributed by atoms with van der Waals surface area (Å²) in [7, 11) is 1.58. The third-order valence-electron chi connectivity index (χ3n) is 3.93. The maximum atomic E-state index is 12.9. The highest BCUT2D eigenvalue weighted by atomic mass is 32.2. The van der Waals surface area contributed by atoms with Crippen molar-refractivity contribution in [3.8, 4) is 11.5 Å². The Morgan fingerprint density at radius 3 is 2.59 bits per heavy atom. The Bertz CT molecular complexity index is 920. The van der Waals surface area contributed by atoms with Gasteiger partial charge in [-0.25, -0.2) is 0 Å². The second kappa shape index (κ2) is 8.41. The van der Waals surface area contributed by atoms with Crippen molar-refractivity contribution >= 4 is 46.0 Å². The standard InChI is InChI=1S/C21H19NO3S2/c1-4-11-25-17-10-7-15(12-18(17)24-3)13-19-20(23)22(21(26)27-19)16-8-5-14(2)6-9-16/h4-10,12-13H,1,11H2,2-3H3. The molecule has 138 valence electrons. The summed E-state index contributed by atoms with van der Waals surface area (Å²) in [4.78, 5) is 15.0. The molecule has 27 heavy (non-hydrogen) atoms. The Balaban J connectivity index is 1.87. The number of rotatable bonds is 6. The SMILES string of the molecule is C=CCOc1ccc(C=C2SC(=S)N(c3ccc(C)cc3)C2=O)cc1OC. The van der Waals surface area contributed by atoms with Crippen molar-refractivity contribution in [3.63, 3.8) is 0 Å². The summed E-state index contributed by atoms with van der Waals surface area (Å²) < 4.78 is 11.5. The van der Waals surface area contributed by atoms with Crippen molar-refractivity contribution in [1.82, 2.24) is 0 Å². The van der Waals surface area contributed by atoms with Gasteiger partial charge in [0.15, 0.2) is 15.8 Å². The van der Waals surface area contributed by atoms with Gasteiger partial charge in [0.1, 0.15) is 6.61 Å². The Kier molecular flexibility index (Phi) is 5.98. The number of nitrogens with zero attached hydrogens (tertiary/aromatic N) is 1. The van der Waals surface area contributed by atoms with E-state index in [1.54, 1.807) is 18.1 Å². The topological polar surface area (TPSA) is 38.8 Å². The van der Waals surface area contributed by atoms with Crippen molar-refractivity contribution in [2.75, 3.05) is 18.6 Å². The first-order valence-electron chi connectivity index (χ1n) is 8.30. The van der Waals surface area contributed by atoms with Crippen LogP contribution in [0.15, 0.2) is 60.0 Å². The van der Waals surface area contributed by atoms with Gasteiger partial charge in [0, 0.05) is 0 Å². The molecular weight excluding hydrogens is 378 g/mol. The van der Waals surface area contributed by atoms with Crippen LogP contribution in [0.2, 0.25) is 0 Å². The van der Waals surface area contributed by atoms with Crippen LogP contribution >= 0.6 is 24.0 Å². The Labute approximate surface area is 168 Å². The van der Waals surface area contributed by atoms with E-state index in [1.807, 2.05) is 55.5 Å². The Morgan fingerprint density at radius 1 is 1.19 bits per heavy atom.